The van der Waals surface area contributed by atoms with Crippen LogP contribution >= 0.6 is 0 Å². The molecule has 0 spiro atoms. The average Bonchev–Trinajstić information content (AvgIpc) is 2.75. The molecule has 1 rings (SSSR count). The predicted octanol–water partition coefficient (Wildman–Crippen LogP) is 2.77. The second-order valence-corrected chi connectivity index (χ2v) is 6.52. The number of nitrogens with zero attached hydrogens (tertiary/aromatic N) is 1. The minimum absolute atomic E-state index is 0.407. The Hall–Kier alpha value is -0.120. The topological polar surface area (TPSA) is 49.5 Å². The molecular formula is C16H34N2O. The van der Waals surface area contributed by atoms with Crippen LogP contribution in [0.4, 0.5) is 0 Å². The standard InChI is InChI=1S/C16H34N2O/c1-4-5-6-11-18(14(2)3)12-9-15-8-7-10-16(15,19)13-17/h14-15,19H,4-13,17H2,1-3H3. The summed E-state index contributed by atoms with van der Waals surface area (Å²) in [5.41, 5.74) is 5.18. The third-order valence-corrected chi connectivity index (χ3v) is 4.82. The smallest absolute Gasteiger partial charge is 0.0797 e. The second kappa shape index (κ2) is 8.23. The Morgan fingerprint density at radius 3 is 2.63 bits per heavy atom. The van der Waals surface area contributed by atoms with Crippen molar-refractivity contribution in [2.24, 2.45) is 11.7 Å². The van der Waals surface area contributed by atoms with Crippen LogP contribution in [0.1, 0.15) is 65.7 Å². The van der Waals surface area contributed by atoms with Crippen LogP contribution in [-0.4, -0.2) is 41.3 Å². The lowest BCUT2D eigenvalue weighted by molar-refractivity contribution is 0.00338. The molecule has 0 amide bonds. The molecule has 1 aliphatic rings. The number of unbranched alkanes of at least 4 members (excludes halogenated alkanes) is 2. The van der Waals surface area contributed by atoms with E-state index in [4.69, 9.17) is 5.73 Å². The largest absolute Gasteiger partial charge is 0.388 e. The summed E-state index contributed by atoms with van der Waals surface area (Å²) >= 11 is 0. The van der Waals surface area contributed by atoms with Gasteiger partial charge in [-0.15, -0.1) is 0 Å². The molecule has 3 heteroatoms. The molecule has 1 aliphatic carbocycles. The Kier molecular flexibility index (Phi) is 7.33. The molecule has 0 heterocycles. The summed E-state index contributed by atoms with van der Waals surface area (Å²) in [4.78, 5) is 2.56. The monoisotopic (exact) mass is 270 g/mol. The summed E-state index contributed by atoms with van der Waals surface area (Å²) < 4.78 is 0. The van der Waals surface area contributed by atoms with Crippen LogP contribution in [0.3, 0.4) is 0 Å². The summed E-state index contributed by atoms with van der Waals surface area (Å²) in [6, 6.07) is 0.601. The maximum absolute atomic E-state index is 10.5. The Morgan fingerprint density at radius 2 is 2.05 bits per heavy atom. The van der Waals surface area contributed by atoms with Gasteiger partial charge < -0.3 is 15.7 Å². The van der Waals surface area contributed by atoms with Gasteiger partial charge in [0.2, 0.25) is 0 Å². The summed E-state index contributed by atoms with van der Waals surface area (Å²) in [5, 5.41) is 10.5. The Morgan fingerprint density at radius 1 is 1.32 bits per heavy atom. The first-order chi connectivity index (χ1) is 9.03. The predicted molar refractivity (Wildman–Crippen MR) is 82.2 cm³/mol. The van der Waals surface area contributed by atoms with E-state index >= 15 is 0 Å². The van der Waals surface area contributed by atoms with Crippen LogP contribution < -0.4 is 5.73 Å². The van der Waals surface area contributed by atoms with Crippen LogP contribution in [0.5, 0.6) is 0 Å². The molecular weight excluding hydrogens is 236 g/mol. The third-order valence-electron chi connectivity index (χ3n) is 4.82. The summed E-state index contributed by atoms with van der Waals surface area (Å²) in [7, 11) is 0. The van der Waals surface area contributed by atoms with Gasteiger partial charge in [0.25, 0.3) is 0 Å². The van der Waals surface area contributed by atoms with Crippen LogP contribution in [0.15, 0.2) is 0 Å². The zero-order valence-corrected chi connectivity index (χ0v) is 13.2. The van der Waals surface area contributed by atoms with Crippen molar-refractivity contribution in [2.45, 2.75) is 77.4 Å². The van der Waals surface area contributed by atoms with Gasteiger partial charge in [0.15, 0.2) is 0 Å². The first-order valence-electron chi connectivity index (χ1n) is 8.20. The minimum atomic E-state index is -0.577. The molecule has 0 aromatic heterocycles. The van der Waals surface area contributed by atoms with Crippen molar-refractivity contribution >= 4 is 0 Å². The maximum Gasteiger partial charge on any atom is 0.0797 e. The van der Waals surface area contributed by atoms with Crippen molar-refractivity contribution in [3.63, 3.8) is 0 Å². The molecule has 0 aliphatic heterocycles. The lowest BCUT2D eigenvalue weighted by Crippen LogP contribution is -2.43. The van der Waals surface area contributed by atoms with E-state index in [1.807, 2.05) is 0 Å². The molecule has 2 unspecified atom stereocenters. The highest BCUT2D eigenvalue weighted by atomic mass is 16.3. The van der Waals surface area contributed by atoms with Crippen LogP contribution in [-0.2, 0) is 0 Å². The average molecular weight is 270 g/mol. The summed E-state index contributed by atoms with van der Waals surface area (Å²) in [6.07, 6.45) is 8.16. The third kappa shape index (κ3) is 5.05. The molecule has 19 heavy (non-hydrogen) atoms. The highest BCUT2D eigenvalue weighted by molar-refractivity contribution is 4.93. The number of rotatable bonds is 9. The van der Waals surface area contributed by atoms with E-state index < -0.39 is 5.60 Å². The van der Waals surface area contributed by atoms with Crippen molar-refractivity contribution in [1.29, 1.82) is 0 Å². The van der Waals surface area contributed by atoms with E-state index in [0.717, 1.165) is 32.2 Å². The van der Waals surface area contributed by atoms with Crippen molar-refractivity contribution in [3.05, 3.63) is 0 Å². The zero-order chi connectivity index (χ0) is 14.3. The molecule has 3 nitrogen and oxygen atoms in total. The van der Waals surface area contributed by atoms with E-state index in [-0.39, 0.29) is 0 Å². The number of nitrogens with two attached hydrogens (primary N) is 1. The second-order valence-electron chi connectivity index (χ2n) is 6.52. The molecule has 2 atom stereocenters. The van der Waals surface area contributed by atoms with Crippen LogP contribution in [0.25, 0.3) is 0 Å². The molecule has 114 valence electrons. The van der Waals surface area contributed by atoms with Crippen molar-refractivity contribution in [1.82, 2.24) is 4.90 Å². The van der Waals surface area contributed by atoms with Gasteiger partial charge in [-0.2, -0.15) is 0 Å². The van der Waals surface area contributed by atoms with E-state index in [1.54, 1.807) is 0 Å². The minimum Gasteiger partial charge on any atom is -0.388 e. The first-order valence-corrected chi connectivity index (χ1v) is 8.20. The van der Waals surface area contributed by atoms with E-state index in [1.165, 1.54) is 25.8 Å². The molecule has 0 aromatic rings. The van der Waals surface area contributed by atoms with Gasteiger partial charge in [-0.1, -0.05) is 26.2 Å². The summed E-state index contributed by atoms with van der Waals surface area (Å²) in [6.45, 7) is 9.52. The van der Waals surface area contributed by atoms with Gasteiger partial charge in [0.1, 0.15) is 0 Å². The zero-order valence-electron chi connectivity index (χ0n) is 13.2. The lowest BCUT2D eigenvalue weighted by atomic mass is 9.88. The van der Waals surface area contributed by atoms with E-state index in [2.05, 4.69) is 25.7 Å². The number of aliphatic hydroxyl groups is 1. The highest BCUT2D eigenvalue weighted by Gasteiger charge is 2.39. The van der Waals surface area contributed by atoms with E-state index in [9.17, 15) is 5.11 Å². The molecule has 1 fully saturated rings. The van der Waals surface area contributed by atoms with E-state index in [0.29, 0.717) is 18.5 Å². The van der Waals surface area contributed by atoms with Gasteiger partial charge in [0, 0.05) is 12.6 Å². The molecule has 0 saturated heterocycles. The quantitative estimate of drug-likeness (QED) is 0.633. The fourth-order valence-corrected chi connectivity index (χ4v) is 3.32. The Labute approximate surface area is 119 Å². The maximum atomic E-state index is 10.5. The van der Waals surface area contributed by atoms with Gasteiger partial charge in [-0.25, -0.2) is 0 Å². The Bertz CT molecular complexity index is 245. The van der Waals surface area contributed by atoms with Crippen LogP contribution in [0.2, 0.25) is 0 Å². The molecule has 0 aromatic carbocycles. The Balaban J connectivity index is 2.38. The molecule has 1 saturated carbocycles. The summed E-state index contributed by atoms with van der Waals surface area (Å²) in [5.74, 6) is 0.407. The van der Waals surface area contributed by atoms with Gasteiger partial charge >= 0.3 is 0 Å². The normalized spacial score (nSPS) is 27.6. The van der Waals surface area contributed by atoms with Gasteiger partial charge in [0.05, 0.1) is 5.60 Å². The van der Waals surface area contributed by atoms with Crippen molar-refractivity contribution in [2.75, 3.05) is 19.6 Å². The SMILES string of the molecule is CCCCCN(CCC1CCCC1(O)CN)C(C)C. The van der Waals surface area contributed by atoms with Crippen LogP contribution in [0, 0.1) is 5.92 Å². The number of hydrogen-bond donors (Lipinski definition) is 2. The molecule has 3 N–H and O–H groups in total. The fourth-order valence-electron chi connectivity index (χ4n) is 3.32. The van der Waals surface area contributed by atoms with Gasteiger partial charge in [-0.3, -0.25) is 0 Å². The van der Waals surface area contributed by atoms with Crippen molar-refractivity contribution in [3.8, 4) is 0 Å². The molecule has 0 bridgehead atoms. The highest BCUT2D eigenvalue weighted by Crippen LogP contribution is 2.37. The number of hydrogen-bond acceptors (Lipinski definition) is 3. The fraction of sp³-hybridized carbons (Fsp3) is 1.00. The van der Waals surface area contributed by atoms with Gasteiger partial charge in [-0.05, 0) is 58.5 Å². The van der Waals surface area contributed by atoms with Crippen molar-refractivity contribution < 1.29 is 5.11 Å². The molecule has 0 radical (unpaired) electrons. The first kappa shape index (κ1) is 16.9. The lowest BCUT2D eigenvalue weighted by Gasteiger charge is -2.32.